The highest BCUT2D eigenvalue weighted by molar-refractivity contribution is 6.14. The molecule has 3 rings (SSSR count). The minimum Gasteiger partial charge on any atom is -0.493 e. The second kappa shape index (κ2) is 6.39. The van der Waals surface area contributed by atoms with Gasteiger partial charge < -0.3 is 19.2 Å². The maximum atomic E-state index is 11.9. The molecule has 0 atom stereocenters. The van der Waals surface area contributed by atoms with Gasteiger partial charge >= 0.3 is 0 Å². The molecule has 0 spiro atoms. The fourth-order valence-electron chi connectivity index (χ4n) is 2.29. The average Bonchev–Trinajstić information content (AvgIpc) is 3.18. The Labute approximate surface area is 133 Å². The summed E-state index contributed by atoms with van der Waals surface area (Å²) in [5.74, 6) is 2.23. The van der Waals surface area contributed by atoms with Crippen LogP contribution in [0.1, 0.15) is 11.3 Å². The maximum absolute atomic E-state index is 11.9. The molecule has 1 aliphatic heterocycles. The highest BCUT2D eigenvalue weighted by atomic mass is 16.5. The van der Waals surface area contributed by atoms with Gasteiger partial charge in [0.2, 0.25) is 0 Å². The summed E-state index contributed by atoms with van der Waals surface area (Å²) in [5.41, 5.74) is 1.29. The van der Waals surface area contributed by atoms with Gasteiger partial charge in [-0.25, -0.2) is 4.99 Å². The van der Waals surface area contributed by atoms with Crippen molar-refractivity contribution < 1.29 is 18.7 Å². The monoisotopic (exact) mass is 312 g/mol. The Hall–Kier alpha value is -3.02. The summed E-state index contributed by atoms with van der Waals surface area (Å²) in [4.78, 5) is 16.3. The largest absolute Gasteiger partial charge is 0.493 e. The van der Waals surface area contributed by atoms with Crippen molar-refractivity contribution in [1.29, 1.82) is 0 Å². The molecule has 1 aromatic heterocycles. The summed E-state index contributed by atoms with van der Waals surface area (Å²) in [6.07, 6.45) is 3.64. The fourth-order valence-corrected chi connectivity index (χ4v) is 2.29. The van der Waals surface area contributed by atoms with Gasteiger partial charge in [-0.2, -0.15) is 0 Å². The van der Waals surface area contributed by atoms with Crippen molar-refractivity contribution in [2.75, 3.05) is 14.2 Å². The highest BCUT2D eigenvalue weighted by Crippen LogP contribution is 2.28. The van der Waals surface area contributed by atoms with Crippen LogP contribution in [0.2, 0.25) is 0 Å². The molecule has 118 valence electrons. The summed E-state index contributed by atoms with van der Waals surface area (Å²) in [6, 6.07) is 9.12. The number of aliphatic imine (C=N–C) groups is 1. The van der Waals surface area contributed by atoms with Crippen LogP contribution in [0.15, 0.2) is 51.7 Å². The molecule has 6 heteroatoms. The summed E-state index contributed by atoms with van der Waals surface area (Å²) in [7, 11) is 3.17. The fraction of sp³-hybridized carbons (Fsp3) is 0.176. The van der Waals surface area contributed by atoms with Gasteiger partial charge in [-0.15, -0.1) is 0 Å². The number of nitrogens with one attached hydrogen (secondary N) is 1. The lowest BCUT2D eigenvalue weighted by Crippen LogP contribution is -2.25. The molecule has 0 fully saturated rings. The topological polar surface area (TPSA) is 73.1 Å². The molecule has 0 saturated carbocycles. The molecular formula is C17H16N2O4. The van der Waals surface area contributed by atoms with E-state index >= 15 is 0 Å². The van der Waals surface area contributed by atoms with Gasteiger partial charge in [0.1, 0.15) is 17.3 Å². The Balaban J connectivity index is 1.79. The lowest BCUT2D eigenvalue weighted by molar-refractivity contribution is -0.115. The number of ether oxygens (including phenoxy) is 2. The third-order valence-electron chi connectivity index (χ3n) is 3.39. The first-order valence-electron chi connectivity index (χ1n) is 7.04. The van der Waals surface area contributed by atoms with Crippen LogP contribution >= 0.6 is 0 Å². The van der Waals surface area contributed by atoms with Crippen LogP contribution in [-0.4, -0.2) is 26.0 Å². The smallest absolute Gasteiger partial charge is 0.275 e. The number of benzene rings is 1. The van der Waals surface area contributed by atoms with Crippen molar-refractivity contribution in [3.05, 3.63) is 53.6 Å². The minimum absolute atomic E-state index is 0.239. The van der Waals surface area contributed by atoms with E-state index in [9.17, 15) is 4.79 Å². The van der Waals surface area contributed by atoms with Crippen LogP contribution in [0, 0.1) is 0 Å². The van der Waals surface area contributed by atoms with Crippen LogP contribution in [0.3, 0.4) is 0 Å². The number of carbonyl (C=O) groups is 1. The first-order chi connectivity index (χ1) is 11.2. The van der Waals surface area contributed by atoms with E-state index in [2.05, 4.69) is 10.3 Å². The lowest BCUT2D eigenvalue weighted by atomic mass is 10.1. The van der Waals surface area contributed by atoms with Gasteiger partial charge in [0.15, 0.2) is 11.5 Å². The zero-order chi connectivity index (χ0) is 16.2. The van der Waals surface area contributed by atoms with Crippen LogP contribution in [0.25, 0.3) is 6.08 Å². The molecule has 0 bridgehead atoms. The van der Waals surface area contributed by atoms with Crippen molar-refractivity contribution >= 4 is 17.8 Å². The molecule has 6 nitrogen and oxygen atoms in total. The van der Waals surface area contributed by atoms with E-state index in [1.165, 1.54) is 0 Å². The second-order valence-electron chi connectivity index (χ2n) is 4.92. The van der Waals surface area contributed by atoms with Gasteiger partial charge in [0.05, 0.1) is 20.5 Å². The van der Waals surface area contributed by atoms with Crippen LogP contribution in [0.5, 0.6) is 11.5 Å². The number of rotatable bonds is 5. The Bertz CT molecular complexity index is 776. The minimum atomic E-state index is -0.239. The summed E-state index contributed by atoms with van der Waals surface area (Å²) < 4.78 is 15.7. The predicted molar refractivity (Wildman–Crippen MR) is 85.5 cm³/mol. The van der Waals surface area contributed by atoms with Crippen LogP contribution in [-0.2, 0) is 11.2 Å². The number of methoxy groups -OCH3 is 2. The van der Waals surface area contributed by atoms with Crippen molar-refractivity contribution in [2.24, 2.45) is 4.99 Å². The number of amides is 1. The van der Waals surface area contributed by atoms with E-state index in [4.69, 9.17) is 13.9 Å². The maximum Gasteiger partial charge on any atom is 0.275 e. The van der Waals surface area contributed by atoms with Gasteiger partial charge in [0.25, 0.3) is 5.91 Å². The van der Waals surface area contributed by atoms with Gasteiger partial charge in [-0.1, -0.05) is 6.07 Å². The van der Waals surface area contributed by atoms with Gasteiger partial charge in [-0.05, 0) is 29.8 Å². The Morgan fingerprint density at radius 2 is 2.04 bits per heavy atom. The van der Waals surface area contributed by atoms with Gasteiger partial charge in [-0.3, -0.25) is 4.79 Å². The SMILES string of the molecule is COc1ccc(CC2=N/C(=C/c3ccco3)C(=O)N2)cc1OC. The van der Waals surface area contributed by atoms with Crippen LogP contribution in [0.4, 0.5) is 0 Å². The molecule has 1 aliphatic rings. The molecule has 2 heterocycles. The number of hydrogen-bond acceptors (Lipinski definition) is 5. The Morgan fingerprint density at radius 1 is 1.22 bits per heavy atom. The molecule has 1 aromatic carbocycles. The molecule has 0 saturated heterocycles. The van der Waals surface area contributed by atoms with Crippen LogP contribution < -0.4 is 14.8 Å². The average molecular weight is 312 g/mol. The standard InChI is InChI=1S/C17H16N2O4/c1-21-14-6-5-11(8-15(14)22-2)9-16-18-13(17(20)19-16)10-12-4-3-7-23-12/h3-8,10H,9H2,1-2H3,(H,18,19,20)/b13-10+. The zero-order valence-corrected chi connectivity index (χ0v) is 12.8. The zero-order valence-electron chi connectivity index (χ0n) is 12.8. The molecule has 0 aliphatic carbocycles. The lowest BCUT2D eigenvalue weighted by Gasteiger charge is -2.09. The van der Waals surface area contributed by atoms with Crippen molar-refractivity contribution in [1.82, 2.24) is 5.32 Å². The van der Waals surface area contributed by atoms with E-state index < -0.39 is 0 Å². The predicted octanol–water partition coefficient (Wildman–Crippen LogP) is 2.41. The van der Waals surface area contributed by atoms with E-state index in [-0.39, 0.29) is 5.91 Å². The number of furan rings is 1. The molecule has 1 amide bonds. The first-order valence-corrected chi connectivity index (χ1v) is 7.04. The van der Waals surface area contributed by atoms with E-state index in [0.717, 1.165) is 5.56 Å². The molecular weight excluding hydrogens is 296 g/mol. The molecule has 2 aromatic rings. The Morgan fingerprint density at radius 3 is 2.74 bits per heavy atom. The third kappa shape index (κ3) is 3.26. The number of hydrogen-bond donors (Lipinski definition) is 1. The quantitative estimate of drug-likeness (QED) is 0.861. The van der Waals surface area contributed by atoms with E-state index in [1.54, 1.807) is 38.7 Å². The van der Waals surface area contributed by atoms with E-state index in [0.29, 0.717) is 35.2 Å². The van der Waals surface area contributed by atoms with Crippen molar-refractivity contribution in [3.63, 3.8) is 0 Å². The van der Waals surface area contributed by atoms with Gasteiger partial charge in [0, 0.05) is 12.5 Å². The summed E-state index contributed by atoms with van der Waals surface area (Å²) >= 11 is 0. The third-order valence-corrected chi connectivity index (χ3v) is 3.39. The molecule has 0 unspecified atom stereocenters. The second-order valence-corrected chi connectivity index (χ2v) is 4.92. The Kier molecular flexibility index (Phi) is 4.14. The van der Waals surface area contributed by atoms with Crippen molar-refractivity contribution in [3.8, 4) is 11.5 Å². The number of amidine groups is 1. The normalized spacial score (nSPS) is 15.5. The number of carbonyl (C=O) groups excluding carboxylic acids is 1. The summed E-state index contributed by atoms with van der Waals surface area (Å²) in [6.45, 7) is 0. The molecule has 23 heavy (non-hydrogen) atoms. The summed E-state index contributed by atoms with van der Waals surface area (Å²) in [5, 5.41) is 2.76. The van der Waals surface area contributed by atoms with E-state index in [1.807, 2.05) is 18.2 Å². The molecule has 1 N–H and O–H groups in total. The first kappa shape index (κ1) is 14.9. The number of nitrogens with zero attached hydrogens (tertiary/aromatic N) is 1. The van der Waals surface area contributed by atoms with Crippen molar-refractivity contribution in [2.45, 2.75) is 6.42 Å². The highest BCUT2D eigenvalue weighted by Gasteiger charge is 2.20. The molecule has 0 radical (unpaired) electrons.